The van der Waals surface area contributed by atoms with Crippen LogP contribution in [0.25, 0.3) is 11.4 Å². The van der Waals surface area contributed by atoms with E-state index in [0.717, 1.165) is 5.76 Å². The fraction of sp³-hybridized carbons (Fsp3) is 0.174. The van der Waals surface area contributed by atoms with Crippen molar-refractivity contribution in [1.82, 2.24) is 10.1 Å². The van der Waals surface area contributed by atoms with Gasteiger partial charge in [-0.3, -0.25) is 0 Å². The van der Waals surface area contributed by atoms with Crippen LogP contribution < -0.4 is 14.8 Å². The maximum absolute atomic E-state index is 12.6. The van der Waals surface area contributed by atoms with Crippen molar-refractivity contribution in [2.75, 3.05) is 19.5 Å². The summed E-state index contributed by atoms with van der Waals surface area (Å²) in [5, 5.41) is 7.13. The molecule has 2 aromatic heterocycles. The van der Waals surface area contributed by atoms with Crippen LogP contribution in [0.4, 0.5) is 5.69 Å². The summed E-state index contributed by atoms with van der Waals surface area (Å²) in [4.78, 5) is 16.9. The molecule has 0 amide bonds. The highest BCUT2D eigenvalue weighted by atomic mass is 16.6. The number of esters is 1. The standard InChI is InChI=1S/C23H21N3O6/c1-28-15-9-10-18(20(12-15)29-2)22-25-21(32-26-22)14-31-23(27)17-7-3-4-8-19(17)24-13-16-6-5-11-30-16/h3-12,24H,13-14H2,1-2H3. The number of rotatable bonds is 9. The van der Waals surface area contributed by atoms with E-state index in [2.05, 4.69) is 15.5 Å². The van der Waals surface area contributed by atoms with Gasteiger partial charge in [0.1, 0.15) is 17.3 Å². The van der Waals surface area contributed by atoms with Crippen LogP contribution in [0.5, 0.6) is 11.5 Å². The molecule has 0 unspecified atom stereocenters. The van der Waals surface area contributed by atoms with Gasteiger partial charge in [-0.15, -0.1) is 0 Å². The number of para-hydroxylation sites is 1. The van der Waals surface area contributed by atoms with Gasteiger partial charge in [-0.25, -0.2) is 4.79 Å². The van der Waals surface area contributed by atoms with Crippen LogP contribution in [-0.4, -0.2) is 30.3 Å². The van der Waals surface area contributed by atoms with Crippen LogP contribution in [0.2, 0.25) is 0 Å². The molecule has 4 rings (SSSR count). The average molecular weight is 435 g/mol. The molecule has 164 valence electrons. The minimum Gasteiger partial charge on any atom is -0.497 e. The lowest BCUT2D eigenvalue weighted by Gasteiger charge is -2.10. The SMILES string of the molecule is COc1ccc(-c2noc(COC(=O)c3ccccc3NCc3ccco3)n2)c(OC)c1. The first-order valence-electron chi connectivity index (χ1n) is 9.75. The fourth-order valence-corrected chi connectivity index (χ4v) is 3.02. The van der Waals surface area contributed by atoms with Gasteiger partial charge in [-0.1, -0.05) is 17.3 Å². The molecule has 4 aromatic rings. The van der Waals surface area contributed by atoms with Gasteiger partial charge in [0.05, 0.1) is 38.2 Å². The average Bonchev–Trinajstić information content (AvgIpc) is 3.53. The molecular weight excluding hydrogens is 414 g/mol. The van der Waals surface area contributed by atoms with Crippen molar-refractivity contribution < 1.29 is 27.9 Å². The Labute approximate surface area is 183 Å². The van der Waals surface area contributed by atoms with E-state index < -0.39 is 5.97 Å². The van der Waals surface area contributed by atoms with Crippen LogP contribution in [0.15, 0.2) is 69.8 Å². The summed E-state index contributed by atoms with van der Waals surface area (Å²) < 4.78 is 26.5. The topological polar surface area (TPSA) is 109 Å². The van der Waals surface area contributed by atoms with E-state index in [1.807, 2.05) is 12.1 Å². The zero-order chi connectivity index (χ0) is 22.3. The second-order valence-electron chi connectivity index (χ2n) is 6.63. The summed E-state index contributed by atoms with van der Waals surface area (Å²) in [6.07, 6.45) is 1.59. The van der Waals surface area contributed by atoms with Crippen LogP contribution in [0, 0.1) is 0 Å². The molecule has 2 heterocycles. The number of furan rings is 1. The zero-order valence-electron chi connectivity index (χ0n) is 17.5. The van der Waals surface area contributed by atoms with Crippen molar-refractivity contribution >= 4 is 11.7 Å². The summed E-state index contributed by atoms with van der Waals surface area (Å²) in [6, 6.07) is 16.0. The van der Waals surface area contributed by atoms with Crippen molar-refractivity contribution in [1.29, 1.82) is 0 Å². The molecule has 0 aliphatic carbocycles. The summed E-state index contributed by atoms with van der Waals surface area (Å²) in [5.74, 6) is 1.88. The molecule has 0 spiro atoms. The Kier molecular flexibility index (Phi) is 6.35. The number of hydrogen-bond donors (Lipinski definition) is 1. The third kappa shape index (κ3) is 4.72. The minimum atomic E-state index is -0.519. The Hall–Kier alpha value is -4.27. The van der Waals surface area contributed by atoms with Gasteiger partial charge in [0.2, 0.25) is 5.82 Å². The highest BCUT2D eigenvalue weighted by Crippen LogP contribution is 2.31. The van der Waals surface area contributed by atoms with Crippen LogP contribution >= 0.6 is 0 Å². The Morgan fingerprint density at radius 1 is 1.06 bits per heavy atom. The van der Waals surface area contributed by atoms with Gasteiger partial charge in [0.25, 0.3) is 5.89 Å². The number of carbonyl (C=O) groups excluding carboxylic acids is 1. The fourth-order valence-electron chi connectivity index (χ4n) is 3.02. The normalized spacial score (nSPS) is 10.6. The van der Waals surface area contributed by atoms with Gasteiger partial charge >= 0.3 is 5.97 Å². The van der Waals surface area contributed by atoms with E-state index >= 15 is 0 Å². The summed E-state index contributed by atoms with van der Waals surface area (Å²) in [7, 11) is 3.11. The number of aromatic nitrogens is 2. The number of ether oxygens (including phenoxy) is 3. The Bertz CT molecular complexity index is 1190. The maximum atomic E-state index is 12.6. The number of methoxy groups -OCH3 is 2. The molecule has 0 saturated carbocycles. The molecule has 9 nitrogen and oxygen atoms in total. The lowest BCUT2D eigenvalue weighted by Crippen LogP contribution is -2.10. The smallest absolute Gasteiger partial charge is 0.340 e. The summed E-state index contributed by atoms with van der Waals surface area (Å²) >= 11 is 0. The number of anilines is 1. The van der Waals surface area contributed by atoms with E-state index in [1.54, 1.807) is 62.9 Å². The van der Waals surface area contributed by atoms with Gasteiger partial charge < -0.3 is 28.5 Å². The van der Waals surface area contributed by atoms with Crippen molar-refractivity contribution in [2.24, 2.45) is 0 Å². The molecular formula is C23H21N3O6. The Morgan fingerprint density at radius 2 is 1.94 bits per heavy atom. The zero-order valence-corrected chi connectivity index (χ0v) is 17.5. The quantitative estimate of drug-likeness (QED) is 0.385. The first kappa shape index (κ1) is 21.0. The maximum Gasteiger partial charge on any atom is 0.340 e. The number of nitrogens with one attached hydrogen (secondary N) is 1. The summed E-state index contributed by atoms with van der Waals surface area (Å²) in [5.41, 5.74) is 1.64. The molecule has 0 saturated heterocycles. The van der Waals surface area contributed by atoms with Gasteiger partial charge in [0.15, 0.2) is 6.61 Å². The Balaban J connectivity index is 1.42. The molecule has 0 aliphatic rings. The van der Waals surface area contributed by atoms with Crippen molar-refractivity contribution in [3.8, 4) is 22.9 Å². The van der Waals surface area contributed by atoms with Crippen LogP contribution in [0.3, 0.4) is 0 Å². The highest BCUT2D eigenvalue weighted by molar-refractivity contribution is 5.95. The molecule has 0 radical (unpaired) electrons. The molecule has 0 aliphatic heterocycles. The van der Waals surface area contributed by atoms with E-state index in [4.69, 9.17) is 23.2 Å². The van der Waals surface area contributed by atoms with Crippen LogP contribution in [-0.2, 0) is 17.9 Å². The largest absolute Gasteiger partial charge is 0.497 e. The first-order chi connectivity index (χ1) is 15.7. The third-order valence-electron chi connectivity index (χ3n) is 4.62. The minimum absolute atomic E-state index is 0.159. The predicted molar refractivity (Wildman–Crippen MR) is 114 cm³/mol. The summed E-state index contributed by atoms with van der Waals surface area (Å²) in [6.45, 7) is 0.269. The molecule has 0 atom stereocenters. The molecule has 1 N–H and O–H groups in total. The predicted octanol–water partition coefficient (Wildman–Crippen LogP) is 4.32. The highest BCUT2D eigenvalue weighted by Gasteiger charge is 2.17. The number of benzene rings is 2. The lowest BCUT2D eigenvalue weighted by atomic mass is 10.2. The van der Waals surface area contributed by atoms with Gasteiger partial charge in [-0.05, 0) is 36.4 Å². The van der Waals surface area contributed by atoms with E-state index in [-0.39, 0.29) is 12.5 Å². The van der Waals surface area contributed by atoms with Crippen molar-refractivity contribution in [3.05, 3.63) is 78.1 Å². The number of carbonyl (C=O) groups is 1. The van der Waals surface area contributed by atoms with E-state index in [9.17, 15) is 4.79 Å². The van der Waals surface area contributed by atoms with E-state index in [1.165, 1.54) is 0 Å². The molecule has 2 aromatic carbocycles. The first-order valence-corrected chi connectivity index (χ1v) is 9.75. The lowest BCUT2D eigenvalue weighted by molar-refractivity contribution is 0.0431. The third-order valence-corrected chi connectivity index (χ3v) is 4.62. The molecule has 32 heavy (non-hydrogen) atoms. The Morgan fingerprint density at radius 3 is 2.72 bits per heavy atom. The second kappa shape index (κ2) is 9.69. The molecule has 0 fully saturated rings. The van der Waals surface area contributed by atoms with Crippen molar-refractivity contribution in [3.63, 3.8) is 0 Å². The van der Waals surface area contributed by atoms with E-state index in [0.29, 0.717) is 40.7 Å². The molecule has 0 bridgehead atoms. The molecule has 9 heteroatoms. The van der Waals surface area contributed by atoms with Crippen LogP contribution in [0.1, 0.15) is 22.0 Å². The number of nitrogens with zero attached hydrogens (tertiary/aromatic N) is 2. The number of hydrogen-bond acceptors (Lipinski definition) is 9. The van der Waals surface area contributed by atoms with Crippen molar-refractivity contribution in [2.45, 2.75) is 13.2 Å². The van der Waals surface area contributed by atoms with Gasteiger partial charge in [-0.2, -0.15) is 4.98 Å². The second-order valence-corrected chi connectivity index (χ2v) is 6.63. The van der Waals surface area contributed by atoms with Gasteiger partial charge in [0, 0.05) is 11.8 Å². The monoisotopic (exact) mass is 435 g/mol.